The largest absolute Gasteiger partial charge is 0.298 e. The second kappa shape index (κ2) is 6.50. The molecule has 136 valence electrons. The van der Waals surface area contributed by atoms with Gasteiger partial charge in [-0.15, -0.1) is 21.5 Å². The number of anilines is 1. The summed E-state index contributed by atoms with van der Waals surface area (Å²) >= 11 is 1.39. The quantitative estimate of drug-likeness (QED) is 0.507. The molecule has 1 aromatic carbocycles. The van der Waals surface area contributed by atoms with E-state index < -0.39 is 0 Å². The number of hydrogen-bond acceptors (Lipinski definition) is 6. The summed E-state index contributed by atoms with van der Waals surface area (Å²) < 4.78 is 1.75. The Hall–Kier alpha value is -3.65. The van der Waals surface area contributed by atoms with Gasteiger partial charge in [-0.1, -0.05) is 12.1 Å². The predicted octanol–water partition coefficient (Wildman–Crippen LogP) is 3.96. The summed E-state index contributed by atoms with van der Waals surface area (Å²) in [4.78, 5) is 21.5. The van der Waals surface area contributed by atoms with Gasteiger partial charge in [-0.25, -0.2) is 4.98 Å². The number of benzene rings is 1. The zero-order chi connectivity index (χ0) is 19.1. The van der Waals surface area contributed by atoms with E-state index in [0.29, 0.717) is 16.3 Å². The Labute approximate surface area is 163 Å². The van der Waals surface area contributed by atoms with Crippen molar-refractivity contribution in [1.29, 1.82) is 0 Å². The topological polar surface area (TPSA) is 85.1 Å². The van der Waals surface area contributed by atoms with E-state index in [0.717, 1.165) is 27.7 Å². The molecule has 0 saturated carbocycles. The third kappa shape index (κ3) is 2.89. The fraction of sp³-hybridized carbons (Fsp3) is 0.0500. The smallest absolute Gasteiger partial charge is 0.261 e. The van der Waals surface area contributed by atoms with E-state index in [1.807, 2.05) is 48.8 Å². The SMILES string of the molecule is Cc1csc(NC(=O)c2cc(-c3ccc4ncccc4c3)cn3cnnc23)n1. The Kier molecular flexibility index (Phi) is 3.84. The van der Waals surface area contributed by atoms with Gasteiger partial charge >= 0.3 is 0 Å². The van der Waals surface area contributed by atoms with Crippen LogP contribution in [0.25, 0.3) is 27.7 Å². The van der Waals surface area contributed by atoms with Crippen molar-refractivity contribution in [3.8, 4) is 11.1 Å². The number of pyridine rings is 2. The molecule has 1 N–H and O–H groups in total. The number of carbonyl (C=O) groups excluding carboxylic acids is 1. The van der Waals surface area contributed by atoms with Crippen molar-refractivity contribution >= 4 is 38.9 Å². The lowest BCUT2D eigenvalue weighted by atomic mass is 10.0. The Bertz CT molecular complexity index is 1340. The molecule has 0 radical (unpaired) electrons. The van der Waals surface area contributed by atoms with E-state index in [1.54, 1.807) is 16.9 Å². The molecule has 5 aromatic rings. The minimum absolute atomic E-state index is 0.267. The molecule has 0 saturated heterocycles. The Morgan fingerprint density at radius 2 is 2.11 bits per heavy atom. The summed E-state index contributed by atoms with van der Waals surface area (Å²) in [6, 6.07) is 11.8. The molecular formula is C20H14N6OS. The molecule has 8 heteroatoms. The van der Waals surface area contributed by atoms with Crippen LogP contribution in [0, 0.1) is 6.92 Å². The highest BCUT2D eigenvalue weighted by Gasteiger charge is 2.16. The van der Waals surface area contributed by atoms with Crippen LogP contribution in [0.1, 0.15) is 16.1 Å². The highest BCUT2D eigenvalue weighted by Crippen LogP contribution is 2.26. The van der Waals surface area contributed by atoms with E-state index in [9.17, 15) is 4.79 Å². The highest BCUT2D eigenvalue weighted by atomic mass is 32.1. The summed E-state index contributed by atoms with van der Waals surface area (Å²) in [7, 11) is 0. The first-order valence-electron chi connectivity index (χ1n) is 8.59. The first kappa shape index (κ1) is 16.5. The molecule has 0 unspecified atom stereocenters. The number of rotatable bonds is 3. The number of nitrogens with one attached hydrogen (secondary N) is 1. The number of carbonyl (C=O) groups is 1. The maximum absolute atomic E-state index is 12.9. The number of amides is 1. The fourth-order valence-electron chi connectivity index (χ4n) is 3.09. The second-order valence-electron chi connectivity index (χ2n) is 6.36. The minimum atomic E-state index is -0.267. The van der Waals surface area contributed by atoms with E-state index >= 15 is 0 Å². The van der Waals surface area contributed by atoms with Gasteiger partial charge in [-0.05, 0) is 42.3 Å². The molecule has 0 aliphatic heterocycles. The van der Waals surface area contributed by atoms with Crippen LogP contribution in [0.3, 0.4) is 0 Å². The molecule has 4 heterocycles. The molecule has 0 aliphatic rings. The first-order valence-corrected chi connectivity index (χ1v) is 9.47. The Balaban J connectivity index is 1.61. The van der Waals surface area contributed by atoms with Gasteiger partial charge in [0.25, 0.3) is 5.91 Å². The van der Waals surface area contributed by atoms with Crippen molar-refractivity contribution in [3.63, 3.8) is 0 Å². The lowest BCUT2D eigenvalue weighted by Crippen LogP contribution is -2.13. The van der Waals surface area contributed by atoms with Crippen molar-refractivity contribution in [1.82, 2.24) is 24.6 Å². The third-order valence-electron chi connectivity index (χ3n) is 4.41. The predicted molar refractivity (Wildman–Crippen MR) is 109 cm³/mol. The molecule has 28 heavy (non-hydrogen) atoms. The van der Waals surface area contributed by atoms with E-state index in [-0.39, 0.29) is 5.91 Å². The van der Waals surface area contributed by atoms with Crippen LogP contribution in [-0.4, -0.2) is 30.5 Å². The van der Waals surface area contributed by atoms with Crippen molar-refractivity contribution in [3.05, 3.63) is 71.8 Å². The number of aryl methyl sites for hydroxylation is 1. The highest BCUT2D eigenvalue weighted by molar-refractivity contribution is 7.13. The molecule has 7 nitrogen and oxygen atoms in total. The van der Waals surface area contributed by atoms with Gasteiger partial charge in [0.2, 0.25) is 0 Å². The van der Waals surface area contributed by atoms with Crippen LogP contribution in [0.4, 0.5) is 5.13 Å². The summed E-state index contributed by atoms with van der Waals surface area (Å²) in [5.74, 6) is -0.267. The van der Waals surface area contributed by atoms with Crippen molar-refractivity contribution in [2.75, 3.05) is 5.32 Å². The van der Waals surface area contributed by atoms with Gasteiger partial charge in [0, 0.05) is 23.2 Å². The molecule has 5 rings (SSSR count). The molecule has 0 bridgehead atoms. The van der Waals surface area contributed by atoms with E-state index in [1.165, 1.54) is 11.3 Å². The van der Waals surface area contributed by atoms with Gasteiger partial charge in [0.15, 0.2) is 10.8 Å². The van der Waals surface area contributed by atoms with Gasteiger partial charge in [-0.2, -0.15) is 0 Å². The zero-order valence-electron chi connectivity index (χ0n) is 14.8. The molecule has 4 aromatic heterocycles. The summed E-state index contributed by atoms with van der Waals surface area (Å²) in [6.07, 6.45) is 5.27. The lowest BCUT2D eigenvalue weighted by Gasteiger charge is -2.09. The van der Waals surface area contributed by atoms with E-state index in [2.05, 4.69) is 31.5 Å². The van der Waals surface area contributed by atoms with Crippen molar-refractivity contribution in [2.45, 2.75) is 6.92 Å². The minimum Gasteiger partial charge on any atom is -0.298 e. The normalized spacial score (nSPS) is 11.2. The van der Waals surface area contributed by atoms with Crippen LogP contribution >= 0.6 is 11.3 Å². The standard InChI is InChI=1S/C20H14N6OS/c1-12-10-28-20(23-12)24-19(27)16-8-15(9-26-11-22-25-18(16)26)13-4-5-17-14(7-13)3-2-6-21-17/h2-11H,1H3,(H,23,24,27). The van der Waals surface area contributed by atoms with Crippen LogP contribution < -0.4 is 5.32 Å². The van der Waals surface area contributed by atoms with Crippen LogP contribution in [0.5, 0.6) is 0 Å². The fourth-order valence-corrected chi connectivity index (χ4v) is 3.78. The van der Waals surface area contributed by atoms with Gasteiger partial charge in [0.1, 0.15) is 6.33 Å². The second-order valence-corrected chi connectivity index (χ2v) is 7.22. The number of hydrogen-bond donors (Lipinski definition) is 1. The number of nitrogens with zero attached hydrogens (tertiary/aromatic N) is 5. The van der Waals surface area contributed by atoms with Gasteiger partial charge in [-0.3, -0.25) is 19.5 Å². The van der Waals surface area contributed by atoms with Crippen molar-refractivity contribution in [2.24, 2.45) is 0 Å². The molecular weight excluding hydrogens is 372 g/mol. The summed E-state index contributed by atoms with van der Waals surface area (Å²) in [5, 5.41) is 14.4. The first-order chi connectivity index (χ1) is 13.7. The molecule has 1 amide bonds. The molecule has 0 aliphatic carbocycles. The maximum Gasteiger partial charge on any atom is 0.261 e. The molecule has 0 spiro atoms. The van der Waals surface area contributed by atoms with Crippen LogP contribution in [0.2, 0.25) is 0 Å². The van der Waals surface area contributed by atoms with Crippen LogP contribution in [-0.2, 0) is 0 Å². The average molecular weight is 386 g/mol. The van der Waals surface area contributed by atoms with Gasteiger partial charge < -0.3 is 0 Å². The number of thiazole rings is 1. The molecule has 0 fully saturated rings. The summed E-state index contributed by atoms with van der Waals surface area (Å²) in [5.41, 5.74) is 4.60. The van der Waals surface area contributed by atoms with Gasteiger partial charge in [0.05, 0.1) is 16.8 Å². The molecule has 0 atom stereocenters. The Morgan fingerprint density at radius 3 is 2.96 bits per heavy atom. The average Bonchev–Trinajstić information content (AvgIpc) is 3.35. The number of aromatic nitrogens is 5. The van der Waals surface area contributed by atoms with Crippen molar-refractivity contribution < 1.29 is 4.79 Å². The van der Waals surface area contributed by atoms with Crippen LogP contribution in [0.15, 0.2) is 60.5 Å². The Morgan fingerprint density at radius 1 is 1.18 bits per heavy atom. The third-order valence-corrected chi connectivity index (χ3v) is 5.29. The number of fused-ring (bicyclic) bond motifs is 2. The summed E-state index contributed by atoms with van der Waals surface area (Å²) in [6.45, 7) is 1.89. The maximum atomic E-state index is 12.9. The zero-order valence-corrected chi connectivity index (χ0v) is 15.6. The monoisotopic (exact) mass is 386 g/mol. The van der Waals surface area contributed by atoms with E-state index in [4.69, 9.17) is 0 Å². The lowest BCUT2D eigenvalue weighted by molar-refractivity contribution is 0.102.